The first-order chi connectivity index (χ1) is 12.4. The van der Waals surface area contributed by atoms with Gasteiger partial charge in [-0.05, 0) is 48.7 Å². The van der Waals surface area contributed by atoms with Crippen molar-refractivity contribution in [2.24, 2.45) is 0 Å². The van der Waals surface area contributed by atoms with Gasteiger partial charge in [0.25, 0.3) is 0 Å². The highest BCUT2D eigenvalue weighted by molar-refractivity contribution is 7.89. The SMILES string of the molecule is O=C(Cc1cccc(Cl)c1)Nc1cc(S(=O)(=O)N2CCCC2)ccc1O. The number of hydrogen-bond acceptors (Lipinski definition) is 4. The Morgan fingerprint density at radius 3 is 2.58 bits per heavy atom. The van der Waals surface area contributed by atoms with Crippen molar-refractivity contribution in [3.05, 3.63) is 53.1 Å². The molecule has 1 fully saturated rings. The van der Waals surface area contributed by atoms with Gasteiger partial charge in [0.05, 0.1) is 17.0 Å². The molecular formula is C18H19ClN2O4S. The van der Waals surface area contributed by atoms with E-state index in [2.05, 4.69) is 5.32 Å². The van der Waals surface area contributed by atoms with Gasteiger partial charge in [0.2, 0.25) is 15.9 Å². The molecule has 138 valence electrons. The number of amides is 1. The minimum Gasteiger partial charge on any atom is -0.506 e. The Balaban J connectivity index is 1.78. The monoisotopic (exact) mass is 394 g/mol. The first kappa shape index (κ1) is 18.7. The van der Waals surface area contributed by atoms with Crippen molar-refractivity contribution in [3.63, 3.8) is 0 Å². The maximum absolute atomic E-state index is 12.6. The van der Waals surface area contributed by atoms with Gasteiger partial charge >= 0.3 is 0 Å². The molecule has 8 heteroatoms. The molecule has 2 aromatic carbocycles. The zero-order valence-electron chi connectivity index (χ0n) is 14.0. The summed E-state index contributed by atoms with van der Waals surface area (Å²) < 4.78 is 26.7. The first-order valence-corrected chi connectivity index (χ1v) is 10.1. The van der Waals surface area contributed by atoms with Crippen LogP contribution in [0, 0.1) is 0 Å². The third-order valence-electron chi connectivity index (χ3n) is 4.20. The fraction of sp³-hybridized carbons (Fsp3) is 0.278. The van der Waals surface area contributed by atoms with E-state index >= 15 is 0 Å². The lowest BCUT2D eigenvalue weighted by Crippen LogP contribution is -2.28. The molecule has 1 heterocycles. The molecule has 0 unspecified atom stereocenters. The number of hydrogen-bond donors (Lipinski definition) is 2. The molecule has 2 aromatic rings. The Hall–Kier alpha value is -2.09. The van der Waals surface area contributed by atoms with E-state index in [1.54, 1.807) is 24.3 Å². The van der Waals surface area contributed by atoms with E-state index in [9.17, 15) is 18.3 Å². The molecule has 0 aromatic heterocycles. The summed E-state index contributed by atoms with van der Waals surface area (Å²) in [5, 5.41) is 13.1. The lowest BCUT2D eigenvalue weighted by atomic mass is 10.1. The van der Waals surface area contributed by atoms with E-state index in [0.717, 1.165) is 18.4 Å². The molecule has 0 atom stereocenters. The van der Waals surface area contributed by atoms with Crippen molar-refractivity contribution in [1.29, 1.82) is 0 Å². The lowest BCUT2D eigenvalue weighted by Gasteiger charge is -2.16. The highest BCUT2D eigenvalue weighted by Crippen LogP contribution is 2.29. The average molecular weight is 395 g/mol. The summed E-state index contributed by atoms with van der Waals surface area (Å²) in [6.45, 7) is 0.972. The van der Waals surface area contributed by atoms with E-state index in [1.807, 2.05) is 0 Å². The molecule has 0 bridgehead atoms. The van der Waals surface area contributed by atoms with Crippen LogP contribution in [0.2, 0.25) is 5.02 Å². The molecule has 6 nitrogen and oxygen atoms in total. The second-order valence-corrected chi connectivity index (χ2v) is 8.52. The third-order valence-corrected chi connectivity index (χ3v) is 6.33. The van der Waals surface area contributed by atoms with Gasteiger partial charge in [0.1, 0.15) is 5.75 Å². The van der Waals surface area contributed by atoms with Gasteiger partial charge in [0.15, 0.2) is 0 Å². The number of nitrogens with zero attached hydrogens (tertiary/aromatic N) is 1. The van der Waals surface area contributed by atoms with Crippen molar-refractivity contribution in [2.45, 2.75) is 24.2 Å². The number of nitrogens with one attached hydrogen (secondary N) is 1. The highest BCUT2D eigenvalue weighted by Gasteiger charge is 2.27. The predicted octanol–water partition coefficient (Wildman–Crippen LogP) is 3.01. The number of phenols is 1. The van der Waals surface area contributed by atoms with Crippen LogP contribution in [0.5, 0.6) is 5.75 Å². The summed E-state index contributed by atoms with van der Waals surface area (Å²) in [5.74, 6) is -0.567. The molecule has 2 N–H and O–H groups in total. The molecule has 0 saturated carbocycles. The Morgan fingerprint density at radius 2 is 1.88 bits per heavy atom. The number of benzene rings is 2. The van der Waals surface area contributed by atoms with Crippen LogP contribution in [-0.2, 0) is 21.2 Å². The molecule has 0 spiro atoms. The number of halogens is 1. The van der Waals surface area contributed by atoms with E-state index in [1.165, 1.54) is 22.5 Å². The molecule has 26 heavy (non-hydrogen) atoms. The zero-order chi connectivity index (χ0) is 18.7. The van der Waals surface area contributed by atoms with E-state index in [0.29, 0.717) is 18.1 Å². The van der Waals surface area contributed by atoms with Gasteiger partial charge in [0, 0.05) is 18.1 Å². The van der Waals surface area contributed by atoms with Gasteiger partial charge in [-0.25, -0.2) is 8.42 Å². The van der Waals surface area contributed by atoms with Crippen LogP contribution in [0.15, 0.2) is 47.4 Å². The molecule has 1 amide bonds. The van der Waals surface area contributed by atoms with Gasteiger partial charge in [-0.3, -0.25) is 4.79 Å². The van der Waals surface area contributed by atoms with Crippen LogP contribution in [0.1, 0.15) is 18.4 Å². The van der Waals surface area contributed by atoms with Crippen LogP contribution < -0.4 is 5.32 Å². The van der Waals surface area contributed by atoms with Crippen molar-refractivity contribution < 1.29 is 18.3 Å². The number of carbonyl (C=O) groups excluding carboxylic acids is 1. The minimum absolute atomic E-state index is 0.0512. The van der Waals surface area contributed by atoms with Gasteiger partial charge in [-0.1, -0.05) is 23.7 Å². The van der Waals surface area contributed by atoms with Gasteiger partial charge < -0.3 is 10.4 Å². The molecule has 0 aliphatic carbocycles. The van der Waals surface area contributed by atoms with Gasteiger partial charge in [-0.2, -0.15) is 4.31 Å². The number of aromatic hydroxyl groups is 1. The van der Waals surface area contributed by atoms with E-state index in [4.69, 9.17) is 11.6 Å². The minimum atomic E-state index is -3.62. The second kappa shape index (κ2) is 7.65. The Labute approximate surface area is 157 Å². The molecule has 1 aliphatic rings. The smallest absolute Gasteiger partial charge is 0.243 e. The number of phenolic OH excluding ortho intramolecular Hbond substituents is 1. The third kappa shape index (κ3) is 4.17. The molecule has 1 aliphatic heterocycles. The number of carbonyl (C=O) groups is 1. The van der Waals surface area contributed by atoms with E-state index < -0.39 is 10.0 Å². The predicted molar refractivity (Wildman–Crippen MR) is 99.9 cm³/mol. The number of rotatable bonds is 5. The zero-order valence-corrected chi connectivity index (χ0v) is 15.6. The second-order valence-electron chi connectivity index (χ2n) is 6.15. The molecule has 1 saturated heterocycles. The standard InChI is InChI=1S/C18H19ClN2O4S/c19-14-5-3-4-13(10-14)11-18(23)20-16-12-15(6-7-17(16)22)26(24,25)21-8-1-2-9-21/h3-7,10,12,22H,1-2,8-9,11H2,(H,20,23). The highest BCUT2D eigenvalue weighted by atomic mass is 35.5. The molecule has 3 rings (SSSR count). The van der Waals surface area contributed by atoms with Crippen LogP contribution in [-0.4, -0.2) is 36.8 Å². The van der Waals surface area contributed by atoms with Crippen LogP contribution in [0.25, 0.3) is 0 Å². The molecule has 0 radical (unpaired) electrons. The molecular weight excluding hydrogens is 376 g/mol. The fourth-order valence-corrected chi connectivity index (χ4v) is 4.64. The van der Waals surface area contributed by atoms with Crippen LogP contribution >= 0.6 is 11.6 Å². The summed E-state index contributed by atoms with van der Waals surface area (Å²) in [7, 11) is -3.62. The first-order valence-electron chi connectivity index (χ1n) is 8.24. The average Bonchev–Trinajstić information content (AvgIpc) is 3.12. The summed E-state index contributed by atoms with van der Waals surface area (Å²) in [6.07, 6.45) is 1.73. The Bertz CT molecular complexity index is 925. The summed E-state index contributed by atoms with van der Waals surface area (Å²) in [6, 6.07) is 10.8. The van der Waals surface area contributed by atoms with Crippen molar-refractivity contribution in [3.8, 4) is 5.75 Å². The van der Waals surface area contributed by atoms with E-state index in [-0.39, 0.29) is 28.7 Å². The summed E-state index contributed by atoms with van der Waals surface area (Å²) >= 11 is 5.90. The van der Waals surface area contributed by atoms with Gasteiger partial charge in [-0.15, -0.1) is 0 Å². The lowest BCUT2D eigenvalue weighted by molar-refractivity contribution is -0.115. The normalized spacial score (nSPS) is 15.1. The van der Waals surface area contributed by atoms with Crippen LogP contribution in [0.3, 0.4) is 0 Å². The summed E-state index contributed by atoms with van der Waals surface area (Å²) in [5.41, 5.74) is 0.785. The van der Waals surface area contributed by atoms with Crippen molar-refractivity contribution in [1.82, 2.24) is 4.31 Å². The van der Waals surface area contributed by atoms with Crippen molar-refractivity contribution in [2.75, 3.05) is 18.4 Å². The quantitative estimate of drug-likeness (QED) is 0.763. The van der Waals surface area contributed by atoms with Crippen LogP contribution in [0.4, 0.5) is 5.69 Å². The Morgan fingerprint density at radius 1 is 1.15 bits per heavy atom. The largest absolute Gasteiger partial charge is 0.506 e. The maximum atomic E-state index is 12.6. The Kier molecular flexibility index (Phi) is 5.50. The fourth-order valence-electron chi connectivity index (χ4n) is 2.88. The topological polar surface area (TPSA) is 86.7 Å². The van der Waals surface area contributed by atoms with Crippen molar-refractivity contribution >= 4 is 33.2 Å². The maximum Gasteiger partial charge on any atom is 0.243 e. The number of anilines is 1. The summed E-state index contributed by atoms with van der Waals surface area (Å²) in [4.78, 5) is 12.3. The number of sulfonamides is 1.